The summed E-state index contributed by atoms with van der Waals surface area (Å²) < 4.78 is 50.2. The fraction of sp³-hybridized carbons (Fsp3) is 0.558. The van der Waals surface area contributed by atoms with Gasteiger partial charge in [0.1, 0.15) is 28.6 Å². The van der Waals surface area contributed by atoms with Gasteiger partial charge in [0.05, 0.1) is 24.2 Å². The predicted molar refractivity (Wildman–Crippen MR) is 204 cm³/mol. The Kier molecular flexibility index (Phi) is 9.56. The first-order chi connectivity index (χ1) is 26.4. The Morgan fingerprint density at radius 3 is 2.56 bits per heavy atom. The lowest BCUT2D eigenvalue weighted by Crippen LogP contribution is -2.56. The molecule has 4 aromatic rings. The molecule has 284 valence electrons. The molecule has 0 radical (unpaired) electrons. The number of halogens is 2. The number of pyridine rings is 1. The molecule has 5 aliphatic rings. The van der Waals surface area contributed by atoms with Gasteiger partial charge < -0.3 is 24.2 Å². The minimum Gasteiger partial charge on any atom is -0.508 e. The average Bonchev–Trinajstić information content (AvgIpc) is 3.44. The molecule has 2 aromatic carbocycles. The van der Waals surface area contributed by atoms with Crippen molar-refractivity contribution in [3.63, 3.8) is 0 Å². The molecule has 2 saturated carbocycles. The lowest BCUT2D eigenvalue weighted by Gasteiger charge is -2.52. The monoisotopic (exact) mass is 737 g/mol. The van der Waals surface area contributed by atoms with Crippen LogP contribution in [-0.4, -0.2) is 89.7 Å². The van der Waals surface area contributed by atoms with E-state index < -0.39 is 11.6 Å². The van der Waals surface area contributed by atoms with Crippen molar-refractivity contribution in [2.75, 3.05) is 57.6 Å². The number of anilines is 1. The first kappa shape index (κ1) is 35.6. The summed E-state index contributed by atoms with van der Waals surface area (Å²) in [5.74, 6) is 1.52. The molecule has 2 aliphatic carbocycles. The van der Waals surface area contributed by atoms with Gasteiger partial charge in [0.25, 0.3) is 0 Å². The molecule has 1 N–H and O–H groups in total. The summed E-state index contributed by atoms with van der Waals surface area (Å²) in [7, 11) is 0. The van der Waals surface area contributed by atoms with Crippen LogP contribution in [-0.2, 0) is 9.47 Å². The molecule has 0 bridgehead atoms. The number of piperidine rings is 1. The van der Waals surface area contributed by atoms with Crippen LogP contribution in [0.15, 0.2) is 30.5 Å². The van der Waals surface area contributed by atoms with Crippen LogP contribution >= 0.6 is 0 Å². The van der Waals surface area contributed by atoms with Gasteiger partial charge in [-0.05, 0) is 106 Å². The topological polar surface area (TPSA) is 93.1 Å². The summed E-state index contributed by atoms with van der Waals surface area (Å²) in [6.45, 7) is 5.82. The molecule has 9 nitrogen and oxygen atoms in total. The van der Waals surface area contributed by atoms with E-state index in [9.17, 15) is 9.50 Å². The van der Waals surface area contributed by atoms with E-state index in [1.807, 2.05) is 0 Å². The molecule has 0 unspecified atom stereocenters. The van der Waals surface area contributed by atoms with Crippen LogP contribution in [0.25, 0.3) is 32.9 Å². The maximum absolute atomic E-state index is 17.1. The number of phenolic OH excluding ortho intramolecular Hbond substituents is 1. The average molecular weight is 738 g/mol. The van der Waals surface area contributed by atoms with E-state index in [1.165, 1.54) is 62.8 Å². The van der Waals surface area contributed by atoms with Gasteiger partial charge in [0.2, 0.25) is 0 Å². The summed E-state index contributed by atoms with van der Waals surface area (Å²) in [6.07, 6.45) is 21.2. The van der Waals surface area contributed by atoms with E-state index in [2.05, 4.69) is 20.7 Å². The van der Waals surface area contributed by atoms with Crippen molar-refractivity contribution in [2.45, 2.75) is 89.1 Å². The second kappa shape index (κ2) is 14.5. The van der Waals surface area contributed by atoms with Gasteiger partial charge in [-0.2, -0.15) is 9.97 Å². The standard InChI is InChI=1S/C43H49F2N5O4/c1-2-31-34(44)8-7-28-24-30(51)25-32(36(28)31)38-37(45)39-33(26-46-38)40(49-17-5-20-52-23-19-49)48-41(47-39)54-27-43-11-3-6-35(43)50(18-4-12-43)29-9-13-42(14-10-29)15-21-53-22-16-42/h1,7-8,24-26,29,35,51H,3-6,9-23,27H2/t35-,43-/m1/s1. The first-order valence-corrected chi connectivity index (χ1v) is 19.9. The molecule has 5 fully saturated rings. The van der Waals surface area contributed by atoms with Gasteiger partial charge in [-0.25, -0.2) is 8.78 Å². The molecular weight excluding hydrogens is 689 g/mol. The second-order valence-corrected chi connectivity index (χ2v) is 16.4. The van der Waals surface area contributed by atoms with Crippen molar-refractivity contribution in [2.24, 2.45) is 10.8 Å². The van der Waals surface area contributed by atoms with Crippen LogP contribution < -0.4 is 9.64 Å². The molecule has 2 atom stereocenters. The highest BCUT2D eigenvalue weighted by molar-refractivity contribution is 6.03. The Morgan fingerprint density at radius 1 is 0.907 bits per heavy atom. The Morgan fingerprint density at radius 2 is 1.72 bits per heavy atom. The molecule has 3 aliphatic heterocycles. The Labute approximate surface area is 315 Å². The number of nitrogens with zero attached hydrogens (tertiary/aromatic N) is 5. The number of aromatic nitrogens is 3. The van der Waals surface area contributed by atoms with Gasteiger partial charge in [0, 0.05) is 67.6 Å². The lowest BCUT2D eigenvalue weighted by molar-refractivity contribution is -0.0574. The highest BCUT2D eigenvalue weighted by Crippen LogP contribution is 2.52. The number of aromatic hydroxyl groups is 1. The maximum atomic E-state index is 17.1. The first-order valence-electron chi connectivity index (χ1n) is 19.9. The van der Waals surface area contributed by atoms with Crippen molar-refractivity contribution in [1.29, 1.82) is 0 Å². The zero-order valence-electron chi connectivity index (χ0n) is 30.9. The summed E-state index contributed by atoms with van der Waals surface area (Å²) in [6, 6.07) is 6.79. The predicted octanol–water partition coefficient (Wildman–Crippen LogP) is 7.79. The molecule has 11 heteroatoms. The Hall–Kier alpha value is -4.11. The van der Waals surface area contributed by atoms with Crippen LogP contribution in [0.3, 0.4) is 0 Å². The number of hydrogen-bond acceptors (Lipinski definition) is 9. The van der Waals surface area contributed by atoms with Gasteiger partial charge >= 0.3 is 6.01 Å². The van der Waals surface area contributed by atoms with E-state index in [0.29, 0.717) is 72.4 Å². The molecule has 0 amide bonds. The lowest BCUT2D eigenvalue weighted by atomic mass is 9.66. The van der Waals surface area contributed by atoms with Gasteiger partial charge in [-0.3, -0.25) is 9.88 Å². The third-order valence-electron chi connectivity index (χ3n) is 13.5. The van der Waals surface area contributed by atoms with Crippen LogP contribution in [0.5, 0.6) is 11.8 Å². The largest absolute Gasteiger partial charge is 0.508 e. The van der Waals surface area contributed by atoms with E-state index in [-0.39, 0.29) is 39.5 Å². The number of fused-ring (bicyclic) bond motifs is 3. The van der Waals surface area contributed by atoms with E-state index in [1.54, 1.807) is 6.20 Å². The highest BCUT2D eigenvalue weighted by Gasteiger charge is 2.51. The Balaban J connectivity index is 1.06. The quantitative estimate of drug-likeness (QED) is 0.199. The van der Waals surface area contributed by atoms with Crippen molar-refractivity contribution in [3.05, 3.63) is 47.7 Å². The molecule has 2 aromatic heterocycles. The number of rotatable bonds is 6. The SMILES string of the molecule is C#Cc1c(F)ccc2cc(O)cc(-c3ncc4c(N5CCCOCC5)nc(OC[C@]56CCC[C@H]5N(C5CCC7(CCOCC7)CC5)CCC6)nc4c3F)c12. The number of likely N-dealkylation sites (tertiary alicyclic amines) is 1. The number of hydrogen-bond donors (Lipinski definition) is 1. The van der Waals surface area contributed by atoms with Gasteiger partial charge in [-0.15, -0.1) is 6.42 Å². The number of benzene rings is 2. The minimum absolute atomic E-state index is 0.0148. The van der Waals surface area contributed by atoms with E-state index >= 15 is 4.39 Å². The van der Waals surface area contributed by atoms with Crippen LogP contribution in [0.4, 0.5) is 14.6 Å². The summed E-state index contributed by atoms with van der Waals surface area (Å²) >= 11 is 0. The van der Waals surface area contributed by atoms with E-state index in [4.69, 9.17) is 30.6 Å². The molecule has 3 saturated heterocycles. The van der Waals surface area contributed by atoms with Crippen molar-refractivity contribution in [1.82, 2.24) is 19.9 Å². The molecule has 54 heavy (non-hydrogen) atoms. The fourth-order valence-electron chi connectivity index (χ4n) is 10.7. The summed E-state index contributed by atoms with van der Waals surface area (Å²) in [5, 5.41) is 11.9. The minimum atomic E-state index is -0.716. The molecule has 9 rings (SSSR count). The number of ether oxygens (including phenoxy) is 3. The van der Waals surface area contributed by atoms with E-state index in [0.717, 1.165) is 58.3 Å². The second-order valence-electron chi connectivity index (χ2n) is 16.4. The smallest absolute Gasteiger partial charge is 0.319 e. The van der Waals surface area contributed by atoms with Crippen LogP contribution in [0.1, 0.15) is 82.6 Å². The number of phenols is 1. The summed E-state index contributed by atoms with van der Waals surface area (Å²) in [4.78, 5) is 19.2. The normalized spacial score (nSPS) is 25.1. The zero-order valence-corrected chi connectivity index (χ0v) is 30.9. The summed E-state index contributed by atoms with van der Waals surface area (Å²) in [5.41, 5.74) is 0.581. The Bertz CT molecular complexity index is 2080. The molecule has 1 spiro atoms. The van der Waals surface area contributed by atoms with Crippen LogP contribution in [0.2, 0.25) is 0 Å². The number of terminal acetylenes is 1. The fourth-order valence-corrected chi connectivity index (χ4v) is 10.7. The molecule has 5 heterocycles. The van der Waals surface area contributed by atoms with Crippen molar-refractivity contribution in [3.8, 4) is 35.4 Å². The third-order valence-corrected chi connectivity index (χ3v) is 13.5. The maximum Gasteiger partial charge on any atom is 0.319 e. The zero-order chi connectivity index (χ0) is 36.9. The highest BCUT2D eigenvalue weighted by atomic mass is 19.1. The third kappa shape index (κ3) is 6.34. The van der Waals surface area contributed by atoms with Crippen molar-refractivity contribution < 1.29 is 28.1 Å². The van der Waals surface area contributed by atoms with Crippen molar-refractivity contribution >= 4 is 27.5 Å². The van der Waals surface area contributed by atoms with Gasteiger partial charge in [-0.1, -0.05) is 18.4 Å². The van der Waals surface area contributed by atoms with Crippen LogP contribution in [0, 0.1) is 34.8 Å². The molecular formula is C43H49F2N5O4. The van der Waals surface area contributed by atoms with Gasteiger partial charge in [0.15, 0.2) is 5.82 Å².